The standard InChI is InChI=1S/C15H17N3O2/c1-9-8-14(18-11(3)16-9)17-10(2)12-4-6-13(7-5-12)15(19)20/h4-8,10H,1-3H3,(H,19,20)(H,16,17,18)/t10-/m0/s1. The maximum atomic E-state index is 10.8. The highest BCUT2D eigenvalue weighted by Gasteiger charge is 2.08. The second-order valence-electron chi connectivity index (χ2n) is 4.73. The van der Waals surface area contributed by atoms with Crippen LogP contribution in [0.1, 0.15) is 40.4 Å². The van der Waals surface area contributed by atoms with E-state index < -0.39 is 5.97 Å². The summed E-state index contributed by atoms with van der Waals surface area (Å²) in [7, 11) is 0. The van der Waals surface area contributed by atoms with Crippen molar-refractivity contribution < 1.29 is 9.90 Å². The van der Waals surface area contributed by atoms with Gasteiger partial charge in [0.2, 0.25) is 0 Å². The van der Waals surface area contributed by atoms with Crippen molar-refractivity contribution in [2.24, 2.45) is 0 Å². The number of hydrogen-bond acceptors (Lipinski definition) is 4. The van der Waals surface area contributed by atoms with E-state index >= 15 is 0 Å². The maximum absolute atomic E-state index is 10.8. The lowest BCUT2D eigenvalue weighted by molar-refractivity contribution is 0.0697. The number of aryl methyl sites for hydroxylation is 2. The van der Waals surface area contributed by atoms with Crippen LogP contribution in [0.5, 0.6) is 0 Å². The minimum absolute atomic E-state index is 0.0338. The van der Waals surface area contributed by atoms with Crippen molar-refractivity contribution in [3.8, 4) is 0 Å². The predicted molar refractivity (Wildman–Crippen MR) is 76.9 cm³/mol. The molecule has 0 spiro atoms. The zero-order valence-corrected chi connectivity index (χ0v) is 11.7. The Bertz CT molecular complexity index is 603. The molecule has 1 atom stereocenters. The molecular formula is C15H17N3O2. The number of aromatic carboxylic acids is 1. The molecule has 104 valence electrons. The van der Waals surface area contributed by atoms with Gasteiger partial charge in [-0.1, -0.05) is 12.1 Å². The Labute approximate surface area is 117 Å². The number of nitrogens with zero attached hydrogens (tertiary/aromatic N) is 2. The average Bonchev–Trinajstić information content (AvgIpc) is 2.37. The minimum atomic E-state index is -0.917. The van der Waals surface area contributed by atoms with Gasteiger partial charge in [-0.3, -0.25) is 0 Å². The van der Waals surface area contributed by atoms with Gasteiger partial charge >= 0.3 is 5.97 Å². The lowest BCUT2D eigenvalue weighted by Gasteiger charge is -2.15. The van der Waals surface area contributed by atoms with E-state index in [0.29, 0.717) is 0 Å². The first-order valence-electron chi connectivity index (χ1n) is 6.38. The molecule has 0 aliphatic heterocycles. The monoisotopic (exact) mass is 271 g/mol. The van der Waals surface area contributed by atoms with Crippen LogP contribution in [-0.2, 0) is 0 Å². The number of hydrogen-bond donors (Lipinski definition) is 2. The predicted octanol–water partition coefficient (Wildman–Crippen LogP) is 2.96. The van der Waals surface area contributed by atoms with E-state index in [1.54, 1.807) is 12.1 Å². The summed E-state index contributed by atoms with van der Waals surface area (Å²) in [5.41, 5.74) is 2.20. The number of carboxylic acids is 1. The molecule has 1 heterocycles. The van der Waals surface area contributed by atoms with Gasteiger partial charge in [-0.2, -0.15) is 0 Å². The van der Waals surface area contributed by atoms with E-state index in [1.807, 2.05) is 39.0 Å². The molecule has 1 aromatic carbocycles. The summed E-state index contributed by atoms with van der Waals surface area (Å²) in [6, 6.07) is 8.74. The Kier molecular flexibility index (Phi) is 3.98. The van der Waals surface area contributed by atoms with Gasteiger partial charge in [-0.25, -0.2) is 14.8 Å². The summed E-state index contributed by atoms with van der Waals surface area (Å²) in [5.74, 6) is 0.574. The zero-order valence-electron chi connectivity index (χ0n) is 11.7. The average molecular weight is 271 g/mol. The molecule has 5 heteroatoms. The van der Waals surface area contributed by atoms with Gasteiger partial charge in [0.05, 0.1) is 5.56 Å². The first kappa shape index (κ1) is 14.0. The highest BCUT2D eigenvalue weighted by molar-refractivity contribution is 5.87. The molecule has 0 unspecified atom stereocenters. The van der Waals surface area contributed by atoms with Crippen LogP contribution in [-0.4, -0.2) is 21.0 Å². The molecule has 20 heavy (non-hydrogen) atoms. The highest BCUT2D eigenvalue weighted by atomic mass is 16.4. The van der Waals surface area contributed by atoms with Crippen LogP contribution < -0.4 is 5.32 Å². The zero-order chi connectivity index (χ0) is 14.7. The van der Waals surface area contributed by atoms with E-state index in [9.17, 15) is 4.79 Å². The Hall–Kier alpha value is -2.43. The molecule has 0 saturated heterocycles. The molecule has 0 aliphatic rings. The van der Waals surface area contributed by atoms with E-state index in [4.69, 9.17) is 5.11 Å². The van der Waals surface area contributed by atoms with Crippen molar-refractivity contribution in [1.29, 1.82) is 0 Å². The van der Waals surface area contributed by atoms with Gasteiger partial charge in [-0.15, -0.1) is 0 Å². The normalized spacial score (nSPS) is 11.9. The van der Waals surface area contributed by atoms with Crippen LogP contribution in [0.4, 0.5) is 5.82 Å². The fourth-order valence-electron chi connectivity index (χ4n) is 2.01. The van der Waals surface area contributed by atoms with E-state index in [-0.39, 0.29) is 11.6 Å². The molecule has 2 rings (SSSR count). The molecule has 2 N–H and O–H groups in total. The van der Waals surface area contributed by atoms with E-state index in [1.165, 1.54) is 0 Å². The van der Waals surface area contributed by atoms with Crippen molar-refractivity contribution in [3.63, 3.8) is 0 Å². The number of benzene rings is 1. The van der Waals surface area contributed by atoms with Crippen molar-refractivity contribution in [3.05, 3.63) is 53.0 Å². The van der Waals surface area contributed by atoms with Crippen LogP contribution >= 0.6 is 0 Å². The van der Waals surface area contributed by atoms with Crippen LogP contribution in [0, 0.1) is 13.8 Å². The smallest absolute Gasteiger partial charge is 0.335 e. The summed E-state index contributed by atoms with van der Waals surface area (Å²) in [4.78, 5) is 19.4. The van der Waals surface area contributed by atoms with Gasteiger partial charge < -0.3 is 10.4 Å². The summed E-state index contributed by atoms with van der Waals surface area (Å²) < 4.78 is 0. The van der Waals surface area contributed by atoms with Crippen LogP contribution in [0.25, 0.3) is 0 Å². The molecule has 0 fully saturated rings. The first-order chi connectivity index (χ1) is 9.45. The second kappa shape index (κ2) is 5.69. The van der Waals surface area contributed by atoms with E-state index in [0.717, 1.165) is 22.9 Å². The Morgan fingerprint density at radius 2 is 1.85 bits per heavy atom. The lowest BCUT2D eigenvalue weighted by Crippen LogP contribution is -2.09. The minimum Gasteiger partial charge on any atom is -0.478 e. The quantitative estimate of drug-likeness (QED) is 0.894. The molecular weight excluding hydrogens is 254 g/mol. The third-order valence-electron chi connectivity index (χ3n) is 2.99. The van der Waals surface area contributed by atoms with E-state index in [2.05, 4.69) is 15.3 Å². The number of nitrogens with one attached hydrogen (secondary N) is 1. The Balaban J connectivity index is 2.14. The lowest BCUT2D eigenvalue weighted by atomic mass is 10.1. The largest absolute Gasteiger partial charge is 0.478 e. The van der Waals surface area contributed by atoms with Gasteiger partial charge in [-0.05, 0) is 38.5 Å². The fourth-order valence-corrected chi connectivity index (χ4v) is 2.01. The number of aromatic nitrogens is 2. The van der Waals surface area contributed by atoms with Gasteiger partial charge in [0, 0.05) is 17.8 Å². The highest BCUT2D eigenvalue weighted by Crippen LogP contribution is 2.19. The van der Waals surface area contributed by atoms with Gasteiger partial charge in [0.1, 0.15) is 11.6 Å². The SMILES string of the molecule is Cc1cc(N[C@@H](C)c2ccc(C(=O)O)cc2)nc(C)n1. The molecule has 2 aromatic rings. The Morgan fingerprint density at radius 1 is 1.20 bits per heavy atom. The molecule has 0 aliphatic carbocycles. The third-order valence-corrected chi connectivity index (χ3v) is 2.99. The molecule has 1 aromatic heterocycles. The van der Waals surface area contributed by atoms with Gasteiger partial charge in [0.15, 0.2) is 0 Å². The number of anilines is 1. The molecule has 0 radical (unpaired) electrons. The van der Waals surface area contributed by atoms with Crippen LogP contribution in [0.15, 0.2) is 30.3 Å². The summed E-state index contributed by atoms with van der Waals surface area (Å²) >= 11 is 0. The van der Waals surface area contributed by atoms with Crippen molar-refractivity contribution in [2.75, 3.05) is 5.32 Å². The van der Waals surface area contributed by atoms with Gasteiger partial charge in [0.25, 0.3) is 0 Å². The molecule has 5 nitrogen and oxygen atoms in total. The van der Waals surface area contributed by atoms with Crippen LogP contribution in [0.2, 0.25) is 0 Å². The summed E-state index contributed by atoms with van der Waals surface area (Å²) in [6.07, 6.45) is 0. The summed E-state index contributed by atoms with van der Waals surface area (Å²) in [5, 5.41) is 12.2. The topological polar surface area (TPSA) is 75.1 Å². The fraction of sp³-hybridized carbons (Fsp3) is 0.267. The van der Waals surface area contributed by atoms with Crippen molar-refractivity contribution in [2.45, 2.75) is 26.8 Å². The number of rotatable bonds is 4. The van der Waals surface area contributed by atoms with Crippen molar-refractivity contribution in [1.82, 2.24) is 9.97 Å². The molecule has 0 amide bonds. The van der Waals surface area contributed by atoms with Crippen molar-refractivity contribution >= 4 is 11.8 Å². The summed E-state index contributed by atoms with van der Waals surface area (Å²) in [6.45, 7) is 5.78. The molecule has 0 saturated carbocycles. The Morgan fingerprint density at radius 3 is 2.40 bits per heavy atom. The first-order valence-corrected chi connectivity index (χ1v) is 6.38. The number of carbonyl (C=O) groups is 1. The molecule has 0 bridgehead atoms. The maximum Gasteiger partial charge on any atom is 0.335 e. The third kappa shape index (κ3) is 3.32. The van der Waals surface area contributed by atoms with Crippen LogP contribution in [0.3, 0.4) is 0 Å². The number of carboxylic acid groups (broad SMARTS) is 1. The second-order valence-corrected chi connectivity index (χ2v) is 4.73.